The van der Waals surface area contributed by atoms with E-state index in [1.54, 1.807) is 4.90 Å². The zero-order valence-electron chi connectivity index (χ0n) is 13.9. The van der Waals surface area contributed by atoms with Crippen LogP contribution < -0.4 is 0 Å². The summed E-state index contributed by atoms with van der Waals surface area (Å²) in [6, 6.07) is 0. The summed E-state index contributed by atoms with van der Waals surface area (Å²) in [4.78, 5) is 36.9. The average molecular weight is 315 g/mol. The number of hydrogen-bond donors (Lipinski definition) is 0. The Hall–Kier alpha value is -1.79. The highest BCUT2D eigenvalue weighted by atomic mass is 16.6. The summed E-state index contributed by atoms with van der Waals surface area (Å²) >= 11 is 0. The summed E-state index contributed by atoms with van der Waals surface area (Å²) in [5.41, 5.74) is -0.546. The molecule has 0 aliphatic carbocycles. The topological polar surface area (TPSA) is 82.1 Å². The van der Waals surface area contributed by atoms with Crippen LogP contribution in [-0.4, -0.2) is 55.8 Å². The minimum atomic E-state index is -0.946. The summed E-state index contributed by atoms with van der Waals surface area (Å²) < 4.78 is 14.6. The van der Waals surface area contributed by atoms with Gasteiger partial charge in [-0.15, -0.1) is 0 Å². The Bertz CT molecular complexity index is 412. The lowest BCUT2D eigenvalue weighted by atomic mass is 9.94. The third-order valence-electron chi connectivity index (χ3n) is 3.48. The van der Waals surface area contributed by atoms with Gasteiger partial charge < -0.3 is 19.1 Å². The van der Waals surface area contributed by atoms with Crippen molar-refractivity contribution in [1.29, 1.82) is 0 Å². The van der Waals surface area contributed by atoms with Crippen molar-refractivity contribution in [2.75, 3.05) is 27.3 Å². The molecule has 1 saturated heterocycles. The molecule has 0 saturated carbocycles. The number of rotatable bonds is 4. The second kappa shape index (κ2) is 7.47. The fourth-order valence-corrected chi connectivity index (χ4v) is 2.42. The van der Waals surface area contributed by atoms with E-state index in [1.165, 1.54) is 14.2 Å². The monoisotopic (exact) mass is 315 g/mol. The summed E-state index contributed by atoms with van der Waals surface area (Å²) in [5.74, 6) is -2.13. The first-order chi connectivity index (χ1) is 10.2. The van der Waals surface area contributed by atoms with E-state index >= 15 is 0 Å². The Morgan fingerprint density at radius 1 is 1.14 bits per heavy atom. The predicted molar refractivity (Wildman–Crippen MR) is 78.1 cm³/mol. The van der Waals surface area contributed by atoms with E-state index in [0.717, 1.165) is 0 Å². The van der Waals surface area contributed by atoms with Crippen molar-refractivity contribution < 1.29 is 28.6 Å². The molecule has 1 amide bonds. The van der Waals surface area contributed by atoms with Crippen LogP contribution in [0.5, 0.6) is 0 Å². The van der Waals surface area contributed by atoms with Crippen molar-refractivity contribution in [3.8, 4) is 0 Å². The molecular formula is C15H25NO6. The second-order valence-corrected chi connectivity index (χ2v) is 6.42. The SMILES string of the molecule is COC(=O)C(CC1CCN(C(=O)OC(C)(C)C)C1)C(=O)OC. The van der Waals surface area contributed by atoms with E-state index < -0.39 is 23.5 Å². The summed E-state index contributed by atoms with van der Waals surface area (Å²) in [6.07, 6.45) is 0.644. The van der Waals surface area contributed by atoms with Gasteiger partial charge in [-0.2, -0.15) is 0 Å². The first-order valence-electron chi connectivity index (χ1n) is 7.31. The van der Waals surface area contributed by atoms with Crippen LogP contribution in [0.25, 0.3) is 0 Å². The van der Waals surface area contributed by atoms with Gasteiger partial charge in [0.1, 0.15) is 5.60 Å². The van der Waals surface area contributed by atoms with Crippen LogP contribution >= 0.6 is 0 Å². The van der Waals surface area contributed by atoms with Crippen LogP contribution in [0.2, 0.25) is 0 Å². The third kappa shape index (κ3) is 5.20. The summed E-state index contributed by atoms with van der Waals surface area (Å²) in [6.45, 7) is 6.43. The normalized spacial score (nSPS) is 18.3. The van der Waals surface area contributed by atoms with Gasteiger partial charge >= 0.3 is 18.0 Å². The number of likely N-dealkylation sites (tertiary alicyclic amines) is 1. The van der Waals surface area contributed by atoms with Gasteiger partial charge in [0.15, 0.2) is 5.92 Å². The van der Waals surface area contributed by atoms with E-state index in [4.69, 9.17) is 4.74 Å². The minimum absolute atomic E-state index is 0.0377. The van der Waals surface area contributed by atoms with Gasteiger partial charge in [-0.1, -0.05) is 0 Å². The molecule has 1 aliphatic rings. The van der Waals surface area contributed by atoms with E-state index in [2.05, 4.69) is 9.47 Å². The van der Waals surface area contributed by atoms with Crippen molar-refractivity contribution >= 4 is 18.0 Å². The van der Waals surface area contributed by atoms with Crippen LogP contribution in [-0.2, 0) is 23.8 Å². The Kier molecular flexibility index (Phi) is 6.20. The van der Waals surface area contributed by atoms with Crippen molar-refractivity contribution in [2.24, 2.45) is 11.8 Å². The molecule has 0 aromatic heterocycles. The van der Waals surface area contributed by atoms with Crippen LogP contribution in [0.3, 0.4) is 0 Å². The van der Waals surface area contributed by atoms with Crippen LogP contribution in [0.4, 0.5) is 4.79 Å². The predicted octanol–water partition coefficient (Wildman–Crippen LogP) is 1.60. The molecule has 1 fully saturated rings. The molecule has 7 nitrogen and oxygen atoms in total. The molecular weight excluding hydrogens is 290 g/mol. The molecule has 1 aliphatic heterocycles. The number of carbonyl (C=O) groups excluding carboxylic acids is 3. The van der Waals surface area contributed by atoms with Crippen molar-refractivity contribution in [1.82, 2.24) is 4.90 Å². The Morgan fingerprint density at radius 3 is 2.14 bits per heavy atom. The number of carbonyl (C=O) groups is 3. The maximum atomic E-state index is 12.0. The molecule has 1 unspecified atom stereocenters. The van der Waals surface area contributed by atoms with E-state index in [0.29, 0.717) is 25.9 Å². The molecule has 0 bridgehead atoms. The van der Waals surface area contributed by atoms with Gasteiger partial charge in [-0.05, 0) is 39.5 Å². The number of esters is 2. The molecule has 126 valence electrons. The van der Waals surface area contributed by atoms with E-state index in [1.807, 2.05) is 20.8 Å². The van der Waals surface area contributed by atoms with Crippen LogP contribution in [0.15, 0.2) is 0 Å². The molecule has 0 spiro atoms. The zero-order valence-corrected chi connectivity index (χ0v) is 13.9. The van der Waals surface area contributed by atoms with E-state index in [-0.39, 0.29) is 12.0 Å². The number of ether oxygens (including phenoxy) is 3. The lowest BCUT2D eigenvalue weighted by molar-refractivity contribution is -0.159. The average Bonchev–Trinajstić information content (AvgIpc) is 2.90. The fraction of sp³-hybridized carbons (Fsp3) is 0.800. The van der Waals surface area contributed by atoms with Crippen LogP contribution in [0.1, 0.15) is 33.6 Å². The van der Waals surface area contributed by atoms with Gasteiger partial charge in [-0.3, -0.25) is 9.59 Å². The summed E-state index contributed by atoms with van der Waals surface area (Å²) in [5, 5.41) is 0. The molecule has 0 N–H and O–H groups in total. The first-order valence-corrected chi connectivity index (χ1v) is 7.31. The maximum absolute atomic E-state index is 12.0. The molecule has 22 heavy (non-hydrogen) atoms. The molecule has 0 aromatic carbocycles. The molecule has 1 rings (SSSR count). The van der Waals surface area contributed by atoms with Gasteiger partial charge in [0.25, 0.3) is 0 Å². The first kappa shape index (κ1) is 18.3. The quantitative estimate of drug-likeness (QED) is 0.445. The van der Waals surface area contributed by atoms with Gasteiger partial charge in [-0.25, -0.2) is 4.79 Å². The highest BCUT2D eigenvalue weighted by Gasteiger charge is 2.36. The minimum Gasteiger partial charge on any atom is -0.468 e. The molecule has 0 radical (unpaired) electrons. The Balaban J connectivity index is 2.60. The van der Waals surface area contributed by atoms with Gasteiger partial charge in [0.05, 0.1) is 14.2 Å². The third-order valence-corrected chi connectivity index (χ3v) is 3.48. The summed E-state index contributed by atoms with van der Waals surface area (Å²) in [7, 11) is 2.47. The zero-order chi connectivity index (χ0) is 16.9. The second-order valence-electron chi connectivity index (χ2n) is 6.42. The molecule has 7 heteroatoms. The van der Waals surface area contributed by atoms with Crippen LogP contribution in [0, 0.1) is 11.8 Å². The van der Waals surface area contributed by atoms with Crippen molar-refractivity contribution in [2.45, 2.75) is 39.2 Å². The molecule has 1 atom stereocenters. The number of nitrogens with zero attached hydrogens (tertiary/aromatic N) is 1. The highest BCUT2D eigenvalue weighted by Crippen LogP contribution is 2.26. The molecule has 1 heterocycles. The number of amides is 1. The maximum Gasteiger partial charge on any atom is 0.410 e. The van der Waals surface area contributed by atoms with Crippen molar-refractivity contribution in [3.05, 3.63) is 0 Å². The van der Waals surface area contributed by atoms with Gasteiger partial charge in [0, 0.05) is 13.1 Å². The fourth-order valence-electron chi connectivity index (χ4n) is 2.42. The van der Waals surface area contributed by atoms with E-state index in [9.17, 15) is 14.4 Å². The largest absolute Gasteiger partial charge is 0.468 e. The highest BCUT2D eigenvalue weighted by molar-refractivity contribution is 5.94. The lowest BCUT2D eigenvalue weighted by Crippen LogP contribution is -2.36. The smallest absolute Gasteiger partial charge is 0.410 e. The number of hydrogen-bond acceptors (Lipinski definition) is 6. The molecule has 0 aromatic rings. The lowest BCUT2D eigenvalue weighted by Gasteiger charge is -2.24. The Morgan fingerprint density at radius 2 is 1.68 bits per heavy atom. The Labute approximate surface area is 130 Å². The standard InChI is InChI=1S/C15H25NO6/c1-15(2,3)22-14(19)16-7-6-10(9-16)8-11(12(17)20-4)13(18)21-5/h10-11H,6-9H2,1-5H3. The van der Waals surface area contributed by atoms with Gasteiger partial charge in [0.2, 0.25) is 0 Å². The van der Waals surface area contributed by atoms with Crippen molar-refractivity contribution in [3.63, 3.8) is 0 Å². The number of methoxy groups -OCH3 is 2.